The molecule has 0 bridgehead atoms. The summed E-state index contributed by atoms with van der Waals surface area (Å²) in [4.78, 5) is 25.4. The second-order valence-corrected chi connectivity index (χ2v) is 3.51. The van der Waals surface area contributed by atoms with E-state index in [0.717, 1.165) is 0 Å². The van der Waals surface area contributed by atoms with E-state index in [0.29, 0.717) is 15.9 Å². The van der Waals surface area contributed by atoms with E-state index < -0.39 is 11.2 Å². The molecule has 1 aliphatic carbocycles. The summed E-state index contributed by atoms with van der Waals surface area (Å²) in [6.07, 6.45) is 7.19. The van der Waals surface area contributed by atoms with Gasteiger partial charge in [0.15, 0.2) is 0 Å². The van der Waals surface area contributed by atoms with Gasteiger partial charge in [-0.2, -0.15) is 4.68 Å². The minimum Gasteiger partial charge on any atom is -0.332 e. The van der Waals surface area contributed by atoms with E-state index in [4.69, 9.17) is 5.84 Å². The molecule has 1 aromatic rings. The van der Waals surface area contributed by atoms with Gasteiger partial charge in [-0.15, -0.1) is 0 Å². The number of nitrogens with one attached hydrogen (secondary N) is 1. The van der Waals surface area contributed by atoms with Crippen LogP contribution in [0.3, 0.4) is 0 Å². The maximum atomic E-state index is 11.6. The molecule has 15 heavy (non-hydrogen) atoms. The van der Waals surface area contributed by atoms with Crippen molar-refractivity contribution in [2.24, 2.45) is 5.92 Å². The number of hydrogen-bond acceptors (Lipinski definition) is 3. The third-order valence-corrected chi connectivity index (χ3v) is 2.33. The Kier molecular flexibility index (Phi) is 2.07. The van der Waals surface area contributed by atoms with Crippen molar-refractivity contribution in [1.82, 2.24) is 9.66 Å². The van der Waals surface area contributed by atoms with Gasteiger partial charge in [0.2, 0.25) is 0 Å². The van der Waals surface area contributed by atoms with E-state index in [1.54, 1.807) is 12.2 Å². The van der Waals surface area contributed by atoms with Crippen LogP contribution in [0.5, 0.6) is 0 Å². The fourth-order valence-corrected chi connectivity index (χ4v) is 1.43. The number of nitrogens with two attached hydrogens (primary N) is 1. The summed E-state index contributed by atoms with van der Waals surface area (Å²) in [5.41, 5.74) is -0.167. The van der Waals surface area contributed by atoms with E-state index in [1.807, 2.05) is 19.1 Å². The molecule has 0 aliphatic heterocycles. The summed E-state index contributed by atoms with van der Waals surface area (Å²) in [6, 6.07) is 0. The first-order chi connectivity index (χ1) is 7.09. The molecular formula is C10H11N3O2. The lowest BCUT2D eigenvalue weighted by Gasteiger charge is -2.01. The van der Waals surface area contributed by atoms with Crippen LogP contribution in [0, 0.1) is 5.92 Å². The van der Waals surface area contributed by atoms with Crippen LogP contribution < -0.4 is 17.1 Å². The summed E-state index contributed by atoms with van der Waals surface area (Å²) in [5.74, 6) is 5.52. The highest BCUT2D eigenvalue weighted by atomic mass is 16.2. The van der Waals surface area contributed by atoms with Gasteiger partial charge in [-0.05, 0) is 12.0 Å². The summed E-state index contributed by atoms with van der Waals surface area (Å²) < 4.78 is 0.576. The van der Waals surface area contributed by atoms with Crippen molar-refractivity contribution in [1.29, 1.82) is 0 Å². The van der Waals surface area contributed by atoms with Crippen LogP contribution in [0.15, 0.2) is 21.7 Å². The Morgan fingerprint density at radius 2 is 2.00 bits per heavy atom. The summed E-state index contributed by atoms with van der Waals surface area (Å²) >= 11 is 0. The number of aromatic nitrogens is 2. The Morgan fingerprint density at radius 1 is 1.33 bits per heavy atom. The molecule has 0 saturated heterocycles. The zero-order chi connectivity index (χ0) is 11.0. The standard InChI is InChI=1S/C10H11N3O2/c1-6-2-4-7-8(5-3-6)12-10(15)13(11)9(7)14/h2-6H,11H2,1H3,(H,12,15). The lowest BCUT2D eigenvalue weighted by atomic mass is 10.1. The van der Waals surface area contributed by atoms with Crippen LogP contribution in [0.1, 0.15) is 18.2 Å². The van der Waals surface area contributed by atoms with Crippen molar-refractivity contribution in [2.75, 3.05) is 5.84 Å². The quantitative estimate of drug-likeness (QED) is 0.581. The SMILES string of the molecule is CC1C=Cc2[nH]c(=O)n(N)c(=O)c2C=C1. The van der Waals surface area contributed by atoms with Crippen molar-refractivity contribution in [3.05, 3.63) is 44.2 Å². The van der Waals surface area contributed by atoms with Crippen molar-refractivity contribution in [2.45, 2.75) is 6.92 Å². The average Bonchev–Trinajstić information content (AvgIpc) is 2.38. The van der Waals surface area contributed by atoms with Gasteiger partial charge < -0.3 is 10.8 Å². The molecule has 0 amide bonds. The summed E-state index contributed by atoms with van der Waals surface area (Å²) in [5, 5.41) is 0. The zero-order valence-electron chi connectivity index (χ0n) is 8.23. The monoisotopic (exact) mass is 205 g/mol. The summed E-state index contributed by atoms with van der Waals surface area (Å²) in [6.45, 7) is 1.98. The molecule has 1 atom stereocenters. The maximum absolute atomic E-state index is 11.6. The highest BCUT2D eigenvalue weighted by Crippen LogP contribution is 2.13. The number of rotatable bonds is 0. The van der Waals surface area contributed by atoms with Crippen LogP contribution >= 0.6 is 0 Å². The lowest BCUT2D eigenvalue weighted by molar-refractivity contribution is 0.826. The molecule has 5 nitrogen and oxygen atoms in total. The number of nitrogen functional groups attached to an aromatic ring is 1. The van der Waals surface area contributed by atoms with Crippen molar-refractivity contribution < 1.29 is 0 Å². The second-order valence-electron chi connectivity index (χ2n) is 3.51. The number of aromatic amines is 1. The van der Waals surface area contributed by atoms with Gasteiger partial charge in [-0.25, -0.2) is 4.79 Å². The highest BCUT2D eigenvalue weighted by Gasteiger charge is 2.10. The summed E-state index contributed by atoms with van der Waals surface area (Å²) in [7, 11) is 0. The molecule has 1 aromatic heterocycles. The molecule has 5 heteroatoms. The molecule has 0 spiro atoms. The molecule has 0 aromatic carbocycles. The predicted molar refractivity (Wildman–Crippen MR) is 58.7 cm³/mol. The van der Waals surface area contributed by atoms with E-state index in [-0.39, 0.29) is 5.92 Å². The number of H-pyrrole nitrogens is 1. The van der Waals surface area contributed by atoms with Crippen LogP contribution in [0.4, 0.5) is 0 Å². The predicted octanol–water partition coefficient (Wildman–Crippen LogP) is -0.0735. The third-order valence-electron chi connectivity index (χ3n) is 2.33. The van der Waals surface area contributed by atoms with E-state index in [9.17, 15) is 9.59 Å². The third kappa shape index (κ3) is 1.52. The van der Waals surface area contributed by atoms with Gasteiger partial charge in [0.25, 0.3) is 5.56 Å². The number of hydrogen-bond donors (Lipinski definition) is 2. The largest absolute Gasteiger partial charge is 0.347 e. The smallest absolute Gasteiger partial charge is 0.332 e. The minimum absolute atomic E-state index is 0.228. The first kappa shape index (κ1) is 9.51. The Hall–Kier alpha value is -2.04. The number of nitrogens with zero attached hydrogens (tertiary/aromatic N) is 1. The average molecular weight is 205 g/mol. The topological polar surface area (TPSA) is 80.9 Å². The van der Waals surface area contributed by atoms with E-state index in [1.165, 1.54) is 0 Å². The van der Waals surface area contributed by atoms with Crippen molar-refractivity contribution in [3.8, 4) is 0 Å². The number of allylic oxidation sites excluding steroid dienone is 2. The van der Waals surface area contributed by atoms with Crippen LogP contribution in [0.2, 0.25) is 0 Å². The molecule has 1 heterocycles. The molecule has 0 radical (unpaired) electrons. The van der Waals surface area contributed by atoms with Crippen LogP contribution in [0.25, 0.3) is 12.2 Å². The molecule has 1 aliphatic rings. The van der Waals surface area contributed by atoms with Crippen molar-refractivity contribution >= 4 is 12.2 Å². The van der Waals surface area contributed by atoms with Crippen LogP contribution in [-0.4, -0.2) is 9.66 Å². The van der Waals surface area contributed by atoms with Gasteiger partial charge >= 0.3 is 5.69 Å². The lowest BCUT2D eigenvalue weighted by Crippen LogP contribution is -2.42. The Bertz CT molecular complexity index is 563. The first-order valence-corrected chi connectivity index (χ1v) is 4.60. The zero-order valence-corrected chi connectivity index (χ0v) is 8.23. The van der Waals surface area contributed by atoms with Gasteiger partial charge in [0, 0.05) is 0 Å². The molecule has 1 unspecified atom stereocenters. The normalized spacial score (nSPS) is 18.6. The van der Waals surface area contributed by atoms with Gasteiger partial charge in [0.05, 0.1) is 11.3 Å². The molecular weight excluding hydrogens is 194 g/mol. The second kappa shape index (κ2) is 3.27. The number of fused-ring (bicyclic) bond motifs is 1. The Balaban J connectivity index is 2.80. The first-order valence-electron chi connectivity index (χ1n) is 4.60. The van der Waals surface area contributed by atoms with Gasteiger partial charge in [-0.3, -0.25) is 4.79 Å². The van der Waals surface area contributed by atoms with Gasteiger partial charge in [0.1, 0.15) is 0 Å². The van der Waals surface area contributed by atoms with E-state index >= 15 is 0 Å². The van der Waals surface area contributed by atoms with Crippen LogP contribution in [-0.2, 0) is 0 Å². The molecule has 78 valence electrons. The maximum Gasteiger partial charge on any atom is 0.347 e. The Morgan fingerprint density at radius 3 is 2.73 bits per heavy atom. The molecule has 3 N–H and O–H groups in total. The Labute approximate surface area is 85.5 Å². The molecule has 2 rings (SSSR count). The highest BCUT2D eigenvalue weighted by molar-refractivity contribution is 5.64. The fourth-order valence-electron chi connectivity index (χ4n) is 1.43. The fraction of sp³-hybridized carbons (Fsp3) is 0.200. The minimum atomic E-state index is -0.605. The molecule has 0 saturated carbocycles. The molecule has 0 fully saturated rings. The van der Waals surface area contributed by atoms with Gasteiger partial charge in [-0.1, -0.05) is 25.2 Å². The van der Waals surface area contributed by atoms with Crippen molar-refractivity contribution in [3.63, 3.8) is 0 Å². The van der Waals surface area contributed by atoms with E-state index in [2.05, 4.69) is 4.98 Å².